The van der Waals surface area contributed by atoms with Gasteiger partial charge in [-0.25, -0.2) is 4.98 Å². The standard InChI is InChI=1S/C29H26N4O/c1-19-17-20(2)31-29-28(19)24(18-30)26(15-16-27(34)32-22-11-4-3-5-12-22)33(29)25-14-8-10-21-9-6-7-13-23(21)25/h3-7,9,11-13,15-17,25H,8,10,14H2,1-2H3,(H,32,34)/t25-/m0/s1. The monoisotopic (exact) mass is 446 g/mol. The molecule has 0 radical (unpaired) electrons. The van der Waals surface area contributed by atoms with Crippen LogP contribution in [0.25, 0.3) is 17.1 Å². The van der Waals surface area contributed by atoms with Gasteiger partial charge in [0.2, 0.25) is 5.91 Å². The predicted molar refractivity (Wildman–Crippen MR) is 136 cm³/mol. The van der Waals surface area contributed by atoms with Crippen molar-refractivity contribution in [2.45, 2.75) is 39.2 Å². The lowest BCUT2D eigenvalue weighted by atomic mass is 9.87. The lowest BCUT2D eigenvalue weighted by Crippen LogP contribution is -2.19. The van der Waals surface area contributed by atoms with Crippen LogP contribution in [0.1, 0.15) is 52.5 Å². The molecule has 2 aromatic heterocycles. The maximum Gasteiger partial charge on any atom is 0.248 e. The minimum Gasteiger partial charge on any atom is -0.323 e. The van der Waals surface area contributed by atoms with E-state index in [2.05, 4.69) is 40.2 Å². The first kappa shape index (κ1) is 21.7. The Bertz CT molecular complexity index is 1460. The van der Waals surface area contributed by atoms with Crippen LogP contribution in [0, 0.1) is 25.2 Å². The second kappa shape index (κ2) is 8.99. The normalized spacial score (nSPS) is 15.3. The van der Waals surface area contributed by atoms with Crippen molar-refractivity contribution < 1.29 is 4.79 Å². The Morgan fingerprint density at radius 3 is 2.71 bits per heavy atom. The van der Waals surface area contributed by atoms with Gasteiger partial charge in [0, 0.05) is 22.8 Å². The van der Waals surface area contributed by atoms with Crippen LogP contribution in [0.15, 0.2) is 66.7 Å². The molecule has 5 nitrogen and oxygen atoms in total. The zero-order valence-electron chi connectivity index (χ0n) is 19.4. The van der Waals surface area contributed by atoms with Crippen LogP contribution < -0.4 is 5.32 Å². The molecule has 4 aromatic rings. The molecule has 5 rings (SSSR count). The van der Waals surface area contributed by atoms with E-state index in [1.807, 2.05) is 50.2 Å². The molecule has 0 saturated carbocycles. The van der Waals surface area contributed by atoms with Gasteiger partial charge in [-0.15, -0.1) is 0 Å². The number of para-hydroxylation sites is 1. The van der Waals surface area contributed by atoms with Crippen molar-refractivity contribution in [3.05, 3.63) is 100 Å². The second-order valence-corrected chi connectivity index (χ2v) is 8.82. The summed E-state index contributed by atoms with van der Waals surface area (Å²) in [4.78, 5) is 17.6. The molecule has 0 aliphatic heterocycles. The van der Waals surface area contributed by atoms with Gasteiger partial charge in [0.15, 0.2) is 0 Å². The van der Waals surface area contributed by atoms with Gasteiger partial charge in [-0.05, 0) is 74.1 Å². The summed E-state index contributed by atoms with van der Waals surface area (Å²) in [7, 11) is 0. The molecule has 1 atom stereocenters. The molecule has 2 aromatic carbocycles. The number of carbonyl (C=O) groups excluding carboxylic acids is 1. The van der Waals surface area contributed by atoms with E-state index < -0.39 is 0 Å². The first-order valence-electron chi connectivity index (χ1n) is 11.6. The zero-order chi connectivity index (χ0) is 23.7. The van der Waals surface area contributed by atoms with E-state index in [0.717, 1.165) is 52.9 Å². The highest BCUT2D eigenvalue weighted by Gasteiger charge is 2.28. The number of nitrogens with one attached hydrogen (secondary N) is 1. The molecule has 1 N–H and O–H groups in total. The average molecular weight is 447 g/mol. The number of hydrogen-bond acceptors (Lipinski definition) is 3. The molecule has 34 heavy (non-hydrogen) atoms. The lowest BCUT2D eigenvalue weighted by molar-refractivity contribution is -0.111. The summed E-state index contributed by atoms with van der Waals surface area (Å²) in [5, 5.41) is 13.9. The zero-order valence-corrected chi connectivity index (χ0v) is 19.4. The summed E-state index contributed by atoms with van der Waals surface area (Å²) >= 11 is 0. The molecule has 0 unspecified atom stereocenters. The Labute approximate surface area is 199 Å². The highest BCUT2D eigenvalue weighted by molar-refractivity contribution is 6.03. The van der Waals surface area contributed by atoms with E-state index in [1.54, 1.807) is 6.08 Å². The number of carbonyl (C=O) groups is 1. The summed E-state index contributed by atoms with van der Waals surface area (Å²) in [5.41, 5.74) is 7.35. The lowest BCUT2D eigenvalue weighted by Gasteiger charge is -2.28. The molecule has 0 fully saturated rings. The molecule has 0 saturated heterocycles. The summed E-state index contributed by atoms with van der Waals surface area (Å²) in [6, 6.07) is 22.3. The maximum atomic E-state index is 12.7. The maximum absolute atomic E-state index is 12.7. The van der Waals surface area contributed by atoms with Gasteiger partial charge in [-0.2, -0.15) is 5.26 Å². The number of aryl methyl sites for hydroxylation is 3. The number of fused-ring (bicyclic) bond motifs is 2. The summed E-state index contributed by atoms with van der Waals surface area (Å²) < 4.78 is 2.18. The van der Waals surface area contributed by atoms with Crippen molar-refractivity contribution in [1.29, 1.82) is 5.26 Å². The van der Waals surface area contributed by atoms with Gasteiger partial charge in [0.25, 0.3) is 0 Å². The predicted octanol–water partition coefficient (Wildman–Crippen LogP) is 6.10. The van der Waals surface area contributed by atoms with Crippen molar-refractivity contribution in [3.8, 4) is 6.07 Å². The number of pyridine rings is 1. The number of rotatable bonds is 4. The molecule has 0 spiro atoms. The molecule has 1 aliphatic rings. The third kappa shape index (κ3) is 3.88. The SMILES string of the molecule is Cc1cc(C)c2c(C#N)c(C=CC(=O)Nc3ccccc3)n([C@H]3CCCc4ccccc43)c2n1. The van der Waals surface area contributed by atoms with Gasteiger partial charge < -0.3 is 9.88 Å². The summed E-state index contributed by atoms with van der Waals surface area (Å²) in [6.45, 7) is 4.00. The van der Waals surface area contributed by atoms with Crippen molar-refractivity contribution >= 4 is 28.7 Å². The van der Waals surface area contributed by atoms with E-state index in [9.17, 15) is 10.1 Å². The number of aromatic nitrogens is 2. The second-order valence-electron chi connectivity index (χ2n) is 8.82. The first-order chi connectivity index (χ1) is 16.6. The van der Waals surface area contributed by atoms with Crippen molar-refractivity contribution in [3.63, 3.8) is 0 Å². The van der Waals surface area contributed by atoms with Gasteiger partial charge in [-0.3, -0.25) is 4.79 Å². The van der Waals surface area contributed by atoms with Crippen LogP contribution >= 0.6 is 0 Å². The Balaban J connectivity index is 1.68. The summed E-state index contributed by atoms with van der Waals surface area (Å²) in [6.07, 6.45) is 6.34. The van der Waals surface area contributed by atoms with E-state index in [4.69, 9.17) is 4.98 Å². The van der Waals surface area contributed by atoms with Gasteiger partial charge in [0.1, 0.15) is 11.7 Å². The molecule has 1 amide bonds. The summed E-state index contributed by atoms with van der Waals surface area (Å²) in [5.74, 6) is -0.239. The van der Waals surface area contributed by atoms with Gasteiger partial charge in [0.05, 0.1) is 17.3 Å². The number of anilines is 1. The molecular weight excluding hydrogens is 420 g/mol. The van der Waals surface area contributed by atoms with Crippen LogP contribution in [0.2, 0.25) is 0 Å². The third-order valence-corrected chi connectivity index (χ3v) is 6.51. The van der Waals surface area contributed by atoms with Crippen LogP contribution in [0.3, 0.4) is 0 Å². The third-order valence-electron chi connectivity index (χ3n) is 6.51. The fraction of sp³-hybridized carbons (Fsp3) is 0.207. The number of amides is 1. The van der Waals surface area contributed by atoms with Gasteiger partial charge in [-0.1, -0.05) is 42.5 Å². The van der Waals surface area contributed by atoms with E-state index >= 15 is 0 Å². The van der Waals surface area contributed by atoms with Crippen LogP contribution in [-0.4, -0.2) is 15.5 Å². The minimum atomic E-state index is -0.239. The number of nitrogens with zero attached hydrogens (tertiary/aromatic N) is 3. The molecule has 0 bridgehead atoms. The van der Waals surface area contributed by atoms with E-state index in [-0.39, 0.29) is 11.9 Å². The minimum absolute atomic E-state index is 0.0556. The number of hydrogen-bond donors (Lipinski definition) is 1. The fourth-order valence-corrected chi connectivity index (χ4v) is 5.11. The largest absolute Gasteiger partial charge is 0.323 e. The highest BCUT2D eigenvalue weighted by Crippen LogP contribution is 2.39. The molecule has 2 heterocycles. The smallest absolute Gasteiger partial charge is 0.248 e. The van der Waals surface area contributed by atoms with Crippen LogP contribution in [0.4, 0.5) is 5.69 Å². The van der Waals surface area contributed by atoms with Gasteiger partial charge >= 0.3 is 0 Å². The fourth-order valence-electron chi connectivity index (χ4n) is 5.11. The number of nitriles is 1. The van der Waals surface area contributed by atoms with E-state index in [0.29, 0.717) is 5.56 Å². The Morgan fingerprint density at radius 1 is 1.15 bits per heavy atom. The molecule has 168 valence electrons. The Morgan fingerprint density at radius 2 is 1.91 bits per heavy atom. The quantitative estimate of drug-likeness (QED) is 0.385. The molecule has 1 aliphatic carbocycles. The molecular formula is C29H26N4O. The van der Waals surface area contributed by atoms with Crippen molar-refractivity contribution in [1.82, 2.24) is 9.55 Å². The van der Waals surface area contributed by atoms with Crippen molar-refractivity contribution in [2.24, 2.45) is 0 Å². The Hall–Kier alpha value is -4.17. The molecule has 5 heteroatoms. The highest BCUT2D eigenvalue weighted by atomic mass is 16.1. The van der Waals surface area contributed by atoms with Crippen molar-refractivity contribution in [2.75, 3.05) is 5.32 Å². The topological polar surface area (TPSA) is 70.7 Å². The van der Waals surface area contributed by atoms with Crippen LogP contribution in [0.5, 0.6) is 0 Å². The Kier molecular flexibility index (Phi) is 5.73. The first-order valence-corrected chi connectivity index (χ1v) is 11.6. The van der Waals surface area contributed by atoms with Crippen LogP contribution in [-0.2, 0) is 11.2 Å². The number of benzene rings is 2. The van der Waals surface area contributed by atoms with E-state index in [1.165, 1.54) is 17.2 Å². The average Bonchev–Trinajstić information content (AvgIpc) is 3.16.